The van der Waals surface area contributed by atoms with E-state index in [0.717, 1.165) is 11.8 Å². The van der Waals surface area contributed by atoms with Crippen LogP contribution in [0.25, 0.3) is 0 Å². The molecular formula is C55H115N. The summed E-state index contributed by atoms with van der Waals surface area (Å²) in [5.74, 6) is 2.53. The fraction of sp³-hybridized carbons (Fsp3) is 0.964. The van der Waals surface area contributed by atoms with Crippen molar-refractivity contribution in [3.05, 3.63) is 12.7 Å². The number of nitrogens with zero attached hydrogens (tertiary/aromatic N) is 1. The lowest BCUT2D eigenvalue weighted by molar-refractivity contribution is 0.260. The number of hydrogen-bond donors (Lipinski definition) is 0. The Morgan fingerprint density at radius 1 is 0.339 bits per heavy atom. The van der Waals surface area contributed by atoms with Gasteiger partial charge < -0.3 is 4.90 Å². The summed E-state index contributed by atoms with van der Waals surface area (Å²) < 4.78 is 0. The van der Waals surface area contributed by atoms with Gasteiger partial charge in [-0.1, -0.05) is 287 Å². The molecule has 1 heteroatoms. The van der Waals surface area contributed by atoms with Gasteiger partial charge in [-0.05, 0) is 63.1 Å². The van der Waals surface area contributed by atoms with Gasteiger partial charge in [-0.3, -0.25) is 0 Å². The van der Waals surface area contributed by atoms with E-state index >= 15 is 0 Å². The maximum absolute atomic E-state index is 3.90. The molecule has 0 aromatic rings. The molecule has 0 bridgehead atoms. The quantitative estimate of drug-likeness (QED) is 0.0439. The van der Waals surface area contributed by atoms with Crippen molar-refractivity contribution < 1.29 is 0 Å². The van der Waals surface area contributed by atoms with Crippen LogP contribution in [0.1, 0.15) is 306 Å². The summed E-state index contributed by atoms with van der Waals surface area (Å²) in [6.07, 6.45) is 56.5. The molecule has 3 atom stereocenters. The van der Waals surface area contributed by atoms with Crippen molar-refractivity contribution in [3.63, 3.8) is 0 Å². The zero-order chi connectivity index (χ0) is 42.0. The van der Waals surface area contributed by atoms with Gasteiger partial charge in [-0.25, -0.2) is 0 Å². The smallest absolute Gasteiger partial charge is 0.00187 e. The van der Waals surface area contributed by atoms with E-state index in [1.54, 1.807) is 0 Å². The number of hydrogen-bond acceptors (Lipinski definition) is 1. The van der Waals surface area contributed by atoms with E-state index in [1.807, 2.05) is 0 Å². The number of rotatable bonds is 43. The molecule has 0 radical (unpaired) electrons. The third kappa shape index (κ3) is 51.7. The van der Waals surface area contributed by atoms with E-state index in [1.165, 1.54) is 264 Å². The highest BCUT2D eigenvalue weighted by molar-refractivity contribution is 4.80. The lowest BCUT2D eigenvalue weighted by atomic mass is 9.87. The Hall–Kier alpha value is -0.300. The first kappa shape index (κ1) is 60.0. The minimum atomic E-state index is 0.700. The van der Waals surface area contributed by atoms with Crippen LogP contribution in [0.5, 0.6) is 0 Å². The zero-order valence-corrected chi connectivity index (χ0v) is 41.5. The van der Waals surface area contributed by atoms with E-state index < -0.39 is 0 Å². The summed E-state index contributed by atoms with van der Waals surface area (Å²) in [6, 6.07) is 0. The molecule has 0 saturated carbocycles. The van der Waals surface area contributed by atoms with Crippen molar-refractivity contribution in [3.8, 4) is 0 Å². The summed E-state index contributed by atoms with van der Waals surface area (Å²) in [4.78, 5) is 2.74. The van der Waals surface area contributed by atoms with E-state index in [-0.39, 0.29) is 0 Å². The van der Waals surface area contributed by atoms with Gasteiger partial charge in [0.2, 0.25) is 0 Å². The van der Waals surface area contributed by atoms with E-state index in [4.69, 9.17) is 0 Å². The molecule has 0 heterocycles. The molecule has 0 aromatic carbocycles. The molecule has 0 spiro atoms. The van der Waals surface area contributed by atoms with E-state index in [2.05, 4.69) is 79.9 Å². The SMILES string of the molecule is C=CC(C)C(CC)CCCCCCCC.CCCCCCCCC(C)CCCCCCCCCN(CCC)CCCCCCCC.CCCCCCCCCC. The Morgan fingerprint density at radius 2 is 0.625 bits per heavy atom. The summed E-state index contributed by atoms with van der Waals surface area (Å²) >= 11 is 0. The fourth-order valence-corrected chi connectivity index (χ4v) is 8.32. The summed E-state index contributed by atoms with van der Waals surface area (Å²) in [5.41, 5.74) is 0. The highest BCUT2D eigenvalue weighted by Crippen LogP contribution is 2.23. The molecule has 0 aliphatic carbocycles. The minimum Gasteiger partial charge on any atom is -0.303 e. The first-order valence-electron chi connectivity index (χ1n) is 26.8. The number of allylic oxidation sites excluding steroid dienone is 1. The van der Waals surface area contributed by atoms with Crippen molar-refractivity contribution in [1.82, 2.24) is 4.90 Å². The van der Waals surface area contributed by atoms with Gasteiger partial charge in [0.25, 0.3) is 0 Å². The molecule has 3 unspecified atom stereocenters. The third-order valence-corrected chi connectivity index (χ3v) is 12.6. The second kappa shape index (κ2) is 54.7. The number of unbranched alkanes of at least 4 members (excludes halogenated alkanes) is 28. The van der Waals surface area contributed by atoms with Crippen LogP contribution in [0.2, 0.25) is 0 Å². The van der Waals surface area contributed by atoms with Gasteiger partial charge >= 0.3 is 0 Å². The molecule has 0 aliphatic heterocycles. The monoisotopic (exact) mass is 790 g/mol. The average Bonchev–Trinajstić information content (AvgIpc) is 3.21. The zero-order valence-electron chi connectivity index (χ0n) is 41.5. The van der Waals surface area contributed by atoms with Crippen molar-refractivity contribution in [1.29, 1.82) is 0 Å². The van der Waals surface area contributed by atoms with Gasteiger partial charge in [-0.2, -0.15) is 0 Å². The molecule has 0 fully saturated rings. The molecule has 0 saturated heterocycles. The van der Waals surface area contributed by atoms with Crippen molar-refractivity contribution in [2.45, 2.75) is 306 Å². The van der Waals surface area contributed by atoms with Crippen LogP contribution in [-0.4, -0.2) is 24.5 Å². The maximum Gasteiger partial charge on any atom is -0.00187 e. The Bertz CT molecular complexity index is 648. The van der Waals surface area contributed by atoms with E-state index in [9.17, 15) is 0 Å². The molecule has 0 amide bonds. The average molecular weight is 791 g/mol. The standard InChI is InChI=1S/C30H63N.C15H30.C10H22/c1-5-8-10-12-17-21-25-30(4)26-22-18-15-14-16-20-24-29-31(27-7-3)28-23-19-13-11-9-6-2;1-5-8-9-10-11-12-13-15(7-3)14(4)6-2;1-3-5-7-9-10-8-6-4-2/h30H,5-29H2,1-4H3;6,14-15H,2,5,7-13H2,1,3-4H3;3-10H2,1-2H3. The van der Waals surface area contributed by atoms with Gasteiger partial charge in [0.05, 0.1) is 0 Å². The highest BCUT2D eigenvalue weighted by atomic mass is 15.1. The normalized spacial score (nSPS) is 12.8. The van der Waals surface area contributed by atoms with Gasteiger partial charge in [0, 0.05) is 0 Å². The Balaban J connectivity index is -0.000000921. The maximum atomic E-state index is 3.90. The summed E-state index contributed by atoms with van der Waals surface area (Å²) in [5, 5.41) is 0. The van der Waals surface area contributed by atoms with Crippen molar-refractivity contribution in [2.75, 3.05) is 19.6 Å². The molecule has 1 nitrogen and oxygen atoms in total. The molecule has 340 valence electrons. The van der Waals surface area contributed by atoms with Gasteiger partial charge in [0.15, 0.2) is 0 Å². The van der Waals surface area contributed by atoms with Crippen LogP contribution in [0.3, 0.4) is 0 Å². The van der Waals surface area contributed by atoms with Crippen molar-refractivity contribution >= 4 is 0 Å². The van der Waals surface area contributed by atoms with Crippen LogP contribution in [0, 0.1) is 17.8 Å². The molecule has 0 aliphatic rings. The van der Waals surface area contributed by atoms with Crippen molar-refractivity contribution in [2.24, 2.45) is 17.8 Å². The van der Waals surface area contributed by atoms with E-state index in [0.29, 0.717) is 5.92 Å². The fourth-order valence-electron chi connectivity index (χ4n) is 8.32. The van der Waals surface area contributed by atoms with Crippen LogP contribution in [0.4, 0.5) is 0 Å². The minimum absolute atomic E-state index is 0.700. The summed E-state index contributed by atoms with van der Waals surface area (Å²) in [7, 11) is 0. The van der Waals surface area contributed by atoms with Crippen LogP contribution >= 0.6 is 0 Å². The van der Waals surface area contributed by atoms with Crippen LogP contribution in [-0.2, 0) is 0 Å². The Morgan fingerprint density at radius 3 is 0.911 bits per heavy atom. The van der Waals surface area contributed by atoms with Crippen LogP contribution in [0.15, 0.2) is 12.7 Å². The highest BCUT2D eigenvalue weighted by Gasteiger charge is 2.11. The lowest BCUT2D eigenvalue weighted by Crippen LogP contribution is -2.27. The topological polar surface area (TPSA) is 3.24 Å². The molecule has 56 heavy (non-hydrogen) atoms. The molecule has 0 aromatic heterocycles. The summed E-state index contributed by atoms with van der Waals surface area (Å²) in [6.45, 7) is 28.8. The first-order chi connectivity index (χ1) is 27.4. The molecular weight excluding hydrogens is 675 g/mol. The molecule has 0 N–H and O–H groups in total. The predicted molar refractivity (Wildman–Crippen MR) is 264 cm³/mol. The second-order valence-corrected chi connectivity index (χ2v) is 18.5. The predicted octanol–water partition coefficient (Wildman–Crippen LogP) is 20.3. The second-order valence-electron chi connectivity index (χ2n) is 18.5. The lowest BCUT2D eigenvalue weighted by Gasteiger charge is -2.21. The molecule has 0 rings (SSSR count). The van der Waals surface area contributed by atoms with Gasteiger partial charge in [0.1, 0.15) is 0 Å². The first-order valence-corrected chi connectivity index (χ1v) is 26.8. The van der Waals surface area contributed by atoms with Gasteiger partial charge in [-0.15, -0.1) is 6.58 Å². The largest absolute Gasteiger partial charge is 0.303 e. The van der Waals surface area contributed by atoms with Crippen LogP contribution < -0.4 is 0 Å². The Kier molecular flexibility index (Phi) is 58.6. The Labute approximate surface area is 360 Å². The third-order valence-electron chi connectivity index (χ3n) is 12.6.